The van der Waals surface area contributed by atoms with Crippen LogP contribution < -0.4 is 4.74 Å². The highest BCUT2D eigenvalue weighted by molar-refractivity contribution is 5.95. The van der Waals surface area contributed by atoms with E-state index in [1.54, 1.807) is 6.07 Å². The van der Waals surface area contributed by atoms with Gasteiger partial charge in [-0.1, -0.05) is 36.4 Å². The van der Waals surface area contributed by atoms with E-state index < -0.39 is 0 Å². The van der Waals surface area contributed by atoms with Crippen LogP contribution in [0.4, 0.5) is 0 Å². The molecule has 1 aliphatic heterocycles. The van der Waals surface area contributed by atoms with Gasteiger partial charge in [0.25, 0.3) is 5.91 Å². The molecule has 4 rings (SSSR count). The topological polar surface area (TPSA) is 51.7 Å². The molecule has 1 fully saturated rings. The molecule has 2 aromatic carbocycles. The van der Waals surface area contributed by atoms with Crippen molar-refractivity contribution in [2.24, 2.45) is 0 Å². The number of carbonyl (C=O) groups excluding carboxylic acids is 1. The Labute approximate surface area is 158 Å². The summed E-state index contributed by atoms with van der Waals surface area (Å²) in [4.78, 5) is 19.1. The Bertz CT molecular complexity index is 943. The second kappa shape index (κ2) is 7.76. The van der Waals surface area contributed by atoms with Crippen LogP contribution >= 0.6 is 0 Å². The lowest BCUT2D eigenvalue weighted by molar-refractivity contribution is 0.00329. The van der Waals surface area contributed by atoms with Crippen LogP contribution in [0.1, 0.15) is 23.0 Å². The van der Waals surface area contributed by atoms with Crippen molar-refractivity contribution >= 4 is 16.8 Å². The van der Waals surface area contributed by atoms with Gasteiger partial charge in [0.1, 0.15) is 18.1 Å². The average molecular weight is 362 g/mol. The van der Waals surface area contributed by atoms with Crippen LogP contribution in [-0.2, 0) is 11.3 Å². The van der Waals surface area contributed by atoms with E-state index in [-0.39, 0.29) is 11.9 Å². The van der Waals surface area contributed by atoms with Gasteiger partial charge in [0.15, 0.2) is 0 Å². The third-order valence-electron chi connectivity index (χ3n) is 4.76. The number of fused-ring (bicyclic) bond motifs is 1. The van der Waals surface area contributed by atoms with Crippen molar-refractivity contribution in [2.75, 3.05) is 19.8 Å². The van der Waals surface area contributed by atoms with Crippen molar-refractivity contribution in [3.63, 3.8) is 0 Å². The maximum atomic E-state index is 12.8. The Balaban J connectivity index is 1.50. The molecule has 1 unspecified atom stereocenters. The van der Waals surface area contributed by atoms with Gasteiger partial charge in [0.05, 0.1) is 24.8 Å². The molecule has 1 atom stereocenters. The molecule has 5 heteroatoms. The maximum absolute atomic E-state index is 12.8. The zero-order chi connectivity index (χ0) is 18.6. The Hall–Kier alpha value is -2.92. The zero-order valence-corrected chi connectivity index (χ0v) is 15.3. The molecule has 2 heterocycles. The molecule has 0 bridgehead atoms. The number of hydrogen-bond acceptors (Lipinski definition) is 4. The van der Waals surface area contributed by atoms with E-state index in [2.05, 4.69) is 4.98 Å². The van der Waals surface area contributed by atoms with Gasteiger partial charge < -0.3 is 14.4 Å². The minimum atomic E-state index is -0.0443. The van der Waals surface area contributed by atoms with E-state index in [0.717, 1.165) is 22.2 Å². The van der Waals surface area contributed by atoms with Crippen molar-refractivity contribution in [1.82, 2.24) is 9.88 Å². The lowest BCUT2D eigenvalue weighted by Gasteiger charge is -2.33. The summed E-state index contributed by atoms with van der Waals surface area (Å²) in [6.07, 6.45) is 0. The summed E-state index contributed by atoms with van der Waals surface area (Å²) in [6, 6.07) is 19.6. The summed E-state index contributed by atoms with van der Waals surface area (Å²) in [7, 11) is 0. The summed E-state index contributed by atoms with van der Waals surface area (Å²) < 4.78 is 11.3. The first kappa shape index (κ1) is 17.5. The quantitative estimate of drug-likeness (QED) is 0.711. The Kier molecular flexibility index (Phi) is 5.03. The number of aromatic nitrogens is 1. The molecule has 0 radical (unpaired) electrons. The summed E-state index contributed by atoms with van der Waals surface area (Å²) in [6.45, 7) is 4.26. The molecule has 0 aliphatic carbocycles. The predicted molar refractivity (Wildman–Crippen MR) is 104 cm³/mol. The van der Waals surface area contributed by atoms with Crippen molar-refractivity contribution < 1.29 is 14.3 Å². The molecule has 3 aromatic rings. The number of carbonyl (C=O) groups is 1. The lowest BCUT2D eigenvalue weighted by atomic mass is 10.1. The normalized spacial score (nSPS) is 17.1. The van der Waals surface area contributed by atoms with Gasteiger partial charge in [-0.15, -0.1) is 0 Å². The fourth-order valence-electron chi connectivity index (χ4n) is 3.23. The maximum Gasteiger partial charge on any atom is 0.272 e. The first-order valence-electron chi connectivity index (χ1n) is 9.17. The second-order valence-electron chi connectivity index (χ2n) is 6.75. The number of hydrogen-bond donors (Lipinski definition) is 0. The van der Waals surface area contributed by atoms with E-state index in [1.165, 1.54) is 0 Å². The molecule has 5 nitrogen and oxygen atoms in total. The fourth-order valence-corrected chi connectivity index (χ4v) is 3.23. The van der Waals surface area contributed by atoms with Crippen LogP contribution in [0.3, 0.4) is 0 Å². The van der Waals surface area contributed by atoms with Crippen LogP contribution in [0, 0.1) is 0 Å². The molecule has 1 aromatic heterocycles. The third kappa shape index (κ3) is 3.93. The monoisotopic (exact) mass is 362 g/mol. The van der Waals surface area contributed by atoms with Gasteiger partial charge in [0.2, 0.25) is 0 Å². The summed E-state index contributed by atoms with van der Waals surface area (Å²) >= 11 is 0. The van der Waals surface area contributed by atoms with Crippen molar-refractivity contribution in [1.29, 1.82) is 0 Å². The number of ether oxygens (including phenoxy) is 2. The van der Waals surface area contributed by atoms with Crippen LogP contribution in [0.5, 0.6) is 5.75 Å². The SMILES string of the molecule is CC1COCCN1C(=O)c1ccc2cc(OCc3ccccc3)ccc2n1. The molecular weight excluding hydrogens is 340 g/mol. The lowest BCUT2D eigenvalue weighted by Crippen LogP contribution is -2.47. The van der Waals surface area contributed by atoms with Crippen LogP contribution in [0.2, 0.25) is 0 Å². The number of rotatable bonds is 4. The highest BCUT2D eigenvalue weighted by Crippen LogP contribution is 2.22. The molecule has 0 spiro atoms. The number of benzene rings is 2. The highest BCUT2D eigenvalue weighted by Gasteiger charge is 2.25. The van der Waals surface area contributed by atoms with E-state index in [4.69, 9.17) is 9.47 Å². The molecule has 27 heavy (non-hydrogen) atoms. The summed E-state index contributed by atoms with van der Waals surface area (Å²) in [5, 5.41) is 0.951. The van der Waals surface area contributed by atoms with Crippen LogP contribution in [-0.4, -0.2) is 41.6 Å². The van der Waals surface area contributed by atoms with E-state index >= 15 is 0 Å². The van der Waals surface area contributed by atoms with Gasteiger partial charge in [-0.25, -0.2) is 4.98 Å². The number of pyridine rings is 1. The van der Waals surface area contributed by atoms with Crippen molar-refractivity contribution in [3.8, 4) is 5.75 Å². The third-order valence-corrected chi connectivity index (χ3v) is 4.76. The number of nitrogens with zero attached hydrogens (tertiary/aromatic N) is 2. The van der Waals surface area contributed by atoms with Gasteiger partial charge >= 0.3 is 0 Å². The fraction of sp³-hybridized carbons (Fsp3) is 0.273. The average Bonchev–Trinajstić information content (AvgIpc) is 2.72. The molecule has 0 N–H and O–H groups in total. The summed E-state index contributed by atoms with van der Waals surface area (Å²) in [5.41, 5.74) is 2.37. The van der Waals surface area contributed by atoms with Gasteiger partial charge in [-0.05, 0) is 36.8 Å². The number of morpholine rings is 1. The van der Waals surface area contributed by atoms with Gasteiger partial charge in [0, 0.05) is 11.9 Å². The highest BCUT2D eigenvalue weighted by atomic mass is 16.5. The van der Waals surface area contributed by atoms with Gasteiger partial charge in [-0.3, -0.25) is 4.79 Å². The summed E-state index contributed by atoms with van der Waals surface area (Å²) in [5.74, 6) is 0.742. The van der Waals surface area contributed by atoms with E-state index in [1.807, 2.05) is 66.4 Å². The van der Waals surface area contributed by atoms with Gasteiger partial charge in [-0.2, -0.15) is 0 Å². The van der Waals surface area contributed by atoms with Crippen molar-refractivity contribution in [3.05, 3.63) is 71.9 Å². The molecule has 1 aliphatic rings. The standard InChI is InChI=1S/C22H22N2O3/c1-16-14-26-12-11-24(16)22(25)21-9-7-18-13-19(8-10-20(18)23-21)27-15-17-5-3-2-4-6-17/h2-10,13,16H,11-12,14-15H2,1H3. The molecule has 0 saturated carbocycles. The molecule has 1 saturated heterocycles. The Morgan fingerprint density at radius 2 is 2.04 bits per heavy atom. The minimum Gasteiger partial charge on any atom is -0.489 e. The zero-order valence-electron chi connectivity index (χ0n) is 15.3. The van der Waals surface area contributed by atoms with E-state index in [0.29, 0.717) is 32.1 Å². The molecule has 138 valence electrons. The van der Waals surface area contributed by atoms with Crippen LogP contribution in [0.15, 0.2) is 60.7 Å². The first-order chi connectivity index (χ1) is 13.2. The molecular formula is C22H22N2O3. The Morgan fingerprint density at radius 3 is 2.85 bits per heavy atom. The first-order valence-corrected chi connectivity index (χ1v) is 9.17. The molecule has 1 amide bonds. The predicted octanol–water partition coefficient (Wildman–Crippen LogP) is 3.67. The minimum absolute atomic E-state index is 0.0443. The Morgan fingerprint density at radius 1 is 1.19 bits per heavy atom. The smallest absolute Gasteiger partial charge is 0.272 e. The van der Waals surface area contributed by atoms with E-state index in [9.17, 15) is 4.79 Å². The van der Waals surface area contributed by atoms with Crippen LogP contribution in [0.25, 0.3) is 10.9 Å². The second-order valence-corrected chi connectivity index (χ2v) is 6.75. The largest absolute Gasteiger partial charge is 0.489 e. The number of amides is 1. The van der Waals surface area contributed by atoms with Crippen molar-refractivity contribution in [2.45, 2.75) is 19.6 Å².